The first-order valence-electron chi connectivity index (χ1n) is 5.81. The highest BCUT2D eigenvalue weighted by Gasteiger charge is 2.33. The fourth-order valence-corrected chi connectivity index (χ4v) is 2.07. The van der Waals surface area contributed by atoms with E-state index in [1.54, 1.807) is 12.1 Å². The van der Waals surface area contributed by atoms with Crippen LogP contribution in [0.15, 0.2) is 24.3 Å². The Morgan fingerprint density at radius 3 is 2.39 bits per heavy atom. The molecule has 2 rings (SSSR count). The maximum absolute atomic E-state index is 12.3. The lowest BCUT2D eigenvalue weighted by Crippen LogP contribution is -2.40. The number of halogens is 3. The molecule has 1 aromatic rings. The highest BCUT2D eigenvalue weighted by molar-refractivity contribution is 5.58. The predicted octanol–water partition coefficient (Wildman–Crippen LogP) is 2.51. The molecule has 0 radical (unpaired) electrons. The van der Waals surface area contributed by atoms with Crippen molar-refractivity contribution in [3.8, 4) is 5.75 Å². The van der Waals surface area contributed by atoms with Crippen LogP contribution in [-0.2, 0) is 0 Å². The van der Waals surface area contributed by atoms with Crippen molar-refractivity contribution in [1.82, 2.24) is 0 Å². The molecule has 0 atom stereocenters. The number of alkyl halides is 3. The van der Waals surface area contributed by atoms with Crippen LogP contribution < -0.4 is 15.4 Å². The van der Waals surface area contributed by atoms with Gasteiger partial charge in [0.25, 0.3) is 0 Å². The summed E-state index contributed by atoms with van der Waals surface area (Å²) in [6.07, 6.45) is -3.11. The highest BCUT2D eigenvalue weighted by atomic mass is 19.4. The number of benzene rings is 1. The fourth-order valence-electron chi connectivity index (χ4n) is 2.07. The molecular formula is C12H15F3N2O. The van der Waals surface area contributed by atoms with E-state index in [2.05, 4.69) is 4.74 Å². The van der Waals surface area contributed by atoms with E-state index in [1.165, 1.54) is 12.1 Å². The first-order valence-corrected chi connectivity index (χ1v) is 5.81. The number of nitrogens with zero attached hydrogens (tertiary/aromatic N) is 1. The molecule has 1 aliphatic heterocycles. The Morgan fingerprint density at radius 2 is 1.78 bits per heavy atom. The van der Waals surface area contributed by atoms with Crippen LogP contribution >= 0.6 is 0 Å². The second-order valence-corrected chi connectivity index (χ2v) is 4.34. The van der Waals surface area contributed by atoms with Crippen molar-refractivity contribution in [3.63, 3.8) is 0 Å². The van der Waals surface area contributed by atoms with Crippen molar-refractivity contribution in [2.24, 2.45) is 5.73 Å². The zero-order valence-electron chi connectivity index (χ0n) is 9.78. The van der Waals surface area contributed by atoms with Crippen LogP contribution in [0, 0.1) is 0 Å². The monoisotopic (exact) mass is 260 g/mol. The third kappa shape index (κ3) is 3.29. The van der Waals surface area contributed by atoms with Gasteiger partial charge in [-0.05, 0) is 25.0 Å². The van der Waals surface area contributed by atoms with Gasteiger partial charge in [0.2, 0.25) is 0 Å². The van der Waals surface area contributed by atoms with Crippen molar-refractivity contribution in [3.05, 3.63) is 24.3 Å². The van der Waals surface area contributed by atoms with Gasteiger partial charge in [0, 0.05) is 19.1 Å². The van der Waals surface area contributed by atoms with Gasteiger partial charge in [0.15, 0.2) is 5.75 Å². The minimum absolute atomic E-state index is 0.136. The molecule has 1 aliphatic rings. The van der Waals surface area contributed by atoms with E-state index in [-0.39, 0.29) is 11.8 Å². The molecule has 2 N–H and O–H groups in total. The van der Waals surface area contributed by atoms with Crippen LogP contribution in [0.2, 0.25) is 0 Å². The number of hydrogen-bond acceptors (Lipinski definition) is 3. The summed E-state index contributed by atoms with van der Waals surface area (Å²) >= 11 is 0. The Bertz CT molecular complexity index is 401. The van der Waals surface area contributed by atoms with Gasteiger partial charge >= 0.3 is 6.36 Å². The van der Waals surface area contributed by atoms with E-state index in [9.17, 15) is 13.2 Å². The largest absolute Gasteiger partial charge is 0.573 e. The molecule has 1 aromatic carbocycles. The molecule has 18 heavy (non-hydrogen) atoms. The second kappa shape index (κ2) is 5.06. The topological polar surface area (TPSA) is 38.5 Å². The molecule has 100 valence electrons. The van der Waals surface area contributed by atoms with Gasteiger partial charge in [-0.2, -0.15) is 0 Å². The Morgan fingerprint density at radius 1 is 1.17 bits per heavy atom. The first kappa shape index (κ1) is 13.0. The number of hydrogen-bond donors (Lipinski definition) is 1. The van der Waals surface area contributed by atoms with E-state index >= 15 is 0 Å². The summed E-state index contributed by atoms with van der Waals surface area (Å²) in [6, 6.07) is 6.33. The molecule has 0 unspecified atom stereocenters. The van der Waals surface area contributed by atoms with Crippen LogP contribution in [0.1, 0.15) is 12.8 Å². The Balaban J connectivity index is 2.17. The van der Waals surface area contributed by atoms with E-state index in [0.29, 0.717) is 18.8 Å². The second-order valence-electron chi connectivity index (χ2n) is 4.34. The van der Waals surface area contributed by atoms with E-state index in [4.69, 9.17) is 5.73 Å². The molecule has 0 amide bonds. The maximum Gasteiger partial charge on any atom is 0.573 e. The summed E-state index contributed by atoms with van der Waals surface area (Å²) in [5, 5.41) is 0. The van der Waals surface area contributed by atoms with Crippen LogP contribution in [0.5, 0.6) is 5.75 Å². The minimum atomic E-state index is -4.66. The first-order chi connectivity index (χ1) is 8.46. The molecule has 3 nitrogen and oxygen atoms in total. The van der Waals surface area contributed by atoms with Crippen LogP contribution in [0.3, 0.4) is 0 Å². The third-order valence-corrected chi connectivity index (χ3v) is 2.97. The van der Waals surface area contributed by atoms with Gasteiger partial charge in [-0.25, -0.2) is 0 Å². The molecule has 0 aromatic heterocycles. The quantitative estimate of drug-likeness (QED) is 0.888. The molecule has 0 saturated carbocycles. The zero-order chi connectivity index (χ0) is 13.2. The third-order valence-electron chi connectivity index (χ3n) is 2.97. The van der Waals surface area contributed by atoms with Crippen molar-refractivity contribution in [2.45, 2.75) is 25.2 Å². The smallest absolute Gasteiger partial charge is 0.404 e. The lowest BCUT2D eigenvalue weighted by molar-refractivity contribution is -0.274. The summed E-state index contributed by atoms with van der Waals surface area (Å²) < 4.78 is 40.9. The summed E-state index contributed by atoms with van der Waals surface area (Å²) in [6.45, 7) is 1.30. The molecule has 1 heterocycles. The number of para-hydroxylation sites is 2. The molecule has 0 aliphatic carbocycles. The lowest BCUT2D eigenvalue weighted by Gasteiger charge is -2.33. The summed E-state index contributed by atoms with van der Waals surface area (Å²) in [4.78, 5) is 1.88. The molecule has 1 fully saturated rings. The number of piperidine rings is 1. The van der Waals surface area contributed by atoms with Crippen molar-refractivity contribution >= 4 is 5.69 Å². The Hall–Kier alpha value is -1.43. The average Bonchev–Trinajstić information content (AvgIpc) is 2.29. The van der Waals surface area contributed by atoms with Gasteiger partial charge in [-0.15, -0.1) is 13.2 Å². The van der Waals surface area contributed by atoms with Gasteiger partial charge in [0.05, 0.1) is 5.69 Å². The number of rotatable bonds is 2. The van der Waals surface area contributed by atoms with E-state index in [1.807, 2.05) is 4.90 Å². The molecular weight excluding hydrogens is 245 g/mol. The summed E-state index contributed by atoms with van der Waals surface area (Å²) in [5.41, 5.74) is 6.25. The van der Waals surface area contributed by atoms with Crippen molar-refractivity contribution in [1.29, 1.82) is 0 Å². The predicted molar refractivity (Wildman–Crippen MR) is 62.5 cm³/mol. The van der Waals surface area contributed by atoms with E-state index in [0.717, 1.165) is 12.8 Å². The lowest BCUT2D eigenvalue weighted by atomic mass is 10.1. The fraction of sp³-hybridized carbons (Fsp3) is 0.500. The van der Waals surface area contributed by atoms with Gasteiger partial charge < -0.3 is 15.4 Å². The number of nitrogens with two attached hydrogens (primary N) is 1. The highest BCUT2D eigenvalue weighted by Crippen LogP contribution is 2.33. The van der Waals surface area contributed by atoms with Crippen molar-refractivity contribution in [2.75, 3.05) is 18.0 Å². The van der Waals surface area contributed by atoms with E-state index < -0.39 is 6.36 Å². The summed E-state index contributed by atoms with van der Waals surface area (Å²) in [5.74, 6) is -0.152. The Labute approximate surface area is 103 Å². The number of anilines is 1. The maximum atomic E-state index is 12.3. The standard InChI is InChI=1S/C12H15F3N2O/c13-12(14,15)18-11-4-2-1-3-10(11)17-7-5-9(16)6-8-17/h1-4,9H,5-8,16H2. The van der Waals surface area contributed by atoms with Crippen molar-refractivity contribution < 1.29 is 17.9 Å². The SMILES string of the molecule is NC1CCN(c2ccccc2OC(F)(F)F)CC1. The minimum Gasteiger partial charge on any atom is -0.404 e. The van der Waals surface area contributed by atoms with Gasteiger partial charge in [0.1, 0.15) is 0 Å². The van der Waals surface area contributed by atoms with Crippen LogP contribution in [0.4, 0.5) is 18.9 Å². The zero-order valence-corrected chi connectivity index (χ0v) is 9.78. The average molecular weight is 260 g/mol. The molecule has 0 bridgehead atoms. The van der Waals surface area contributed by atoms with Gasteiger partial charge in [-0.1, -0.05) is 12.1 Å². The van der Waals surface area contributed by atoms with Crippen LogP contribution in [-0.4, -0.2) is 25.5 Å². The molecule has 0 spiro atoms. The summed E-state index contributed by atoms with van der Waals surface area (Å²) in [7, 11) is 0. The molecule has 6 heteroatoms. The normalized spacial score (nSPS) is 17.9. The van der Waals surface area contributed by atoms with Crippen LogP contribution in [0.25, 0.3) is 0 Å². The van der Waals surface area contributed by atoms with Gasteiger partial charge in [-0.3, -0.25) is 0 Å². The number of ether oxygens (including phenoxy) is 1. The molecule has 1 saturated heterocycles. The Kier molecular flexibility index (Phi) is 3.65.